The third kappa shape index (κ3) is 2.39. The van der Waals surface area contributed by atoms with Crippen LogP contribution in [0.2, 0.25) is 0 Å². The number of nitrogens with zero attached hydrogens (tertiary/aromatic N) is 3. The van der Waals surface area contributed by atoms with Gasteiger partial charge in [0.05, 0.1) is 17.2 Å². The van der Waals surface area contributed by atoms with Crippen LogP contribution < -0.4 is 5.32 Å². The van der Waals surface area contributed by atoms with Crippen LogP contribution in [0, 0.1) is 6.92 Å². The highest BCUT2D eigenvalue weighted by atomic mass is 32.1. The molecule has 19 heavy (non-hydrogen) atoms. The molecular formula is C14H16N4S. The number of rotatable bonds is 4. The van der Waals surface area contributed by atoms with Gasteiger partial charge in [-0.1, -0.05) is 0 Å². The van der Waals surface area contributed by atoms with Crippen molar-refractivity contribution in [2.75, 3.05) is 7.05 Å². The number of fused-ring (bicyclic) bond motifs is 1. The molecule has 5 heteroatoms. The van der Waals surface area contributed by atoms with Gasteiger partial charge in [-0.15, -0.1) is 11.3 Å². The summed E-state index contributed by atoms with van der Waals surface area (Å²) in [7, 11) is 1.96. The van der Waals surface area contributed by atoms with Crippen LogP contribution in [0.15, 0.2) is 29.9 Å². The second-order valence-electron chi connectivity index (χ2n) is 4.54. The van der Waals surface area contributed by atoms with Crippen molar-refractivity contribution < 1.29 is 0 Å². The van der Waals surface area contributed by atoms with Crippen molar-refractivity contribution in [1.29, 1.82) is 0 Å². The topological polar surface area (TPSA) is 42.7 Å². The Hall–Kier alpha value is -1.72. The summed E-state index contributed by atoms with van der Waals surface area (Å²) in [4.78, 5) is 9.02. The fourth-order valence-corrected chi connectivity index (χ4v) is 2.91. The van der Waals surface area contributed by atoms with E-state index in [1.165, 1.54) is 10.9 Å². The summed E-state index contributed by atoms with van der Waals surface area (Å²) in [6.45, 7) is 3.67. The highest BCUT2D eigenvalue weighted by Crippen LogP contribution is 2.20. The fraction of sp³-hybridized carbons (Fsp3) is 0.286. The van der Waals surface area contributed by atoms with Crippen molar-refractivity contribution in [2.45, 2.75) is 20.0 Å². The Morgan fingerprint density at radius 2 is 2.32 bits per heavy atom. The van der Waals surface area contributed by atoms with E-state index in [-0.39, 0.29) is 0 Å². The van der Waals surface area contributed by atoms with E-state index in [0.29, 0.717) is 0 Å². The largest absolute Gasteiger partial charge is 0.326 e. The van der Waals surface area contributed by atoms with Crippen molar-refractivity contribution >= 4 is 22.4 Å². The molecule has 0 spiro atoms. The standard InChI is InChI=1S/C14H16N4S/c1-10-17-12(9-19-10)8-18-7-11(6-15-2)13-4-3-5-16-14(13)18/h3-5,7,9,15H,6,8H2,1-2H3. The Morgan fingerprint density at radius 1 is 1.42 bits per heavy atom. The zero-order valence-corrected chi connectivity index (χ0v) is 11.9. The van der Waals surface area contributed by atoms with Gasteiger partial charge in [-0.3, -0.25) is 0 Å². The van der Waals surface area contributed by atoms with E-state index in [1.807, 2.05) is 26.2 Å². The summed E-state index contributed by atoms with van der Waals surface area (Å²) in [6, 6.07) is 4.11. The minimum atomic E-state index is 0.779. The molecule has 3 rings (SSSR count). The van der Waals surface area contributed by atoms with Crippen LogP contribution in [0.1, 0.15) is 16.3 Å². The molecule has 0 unspecified atom stereocenters. The quantitative estimate of drug-likeness (QED) is 0.794. The second kappa shape index (κ2) is 5.11. The molecule has 0 amide bonds. The normalized spacial score (nSPS) is 11.3. The lowest BCUT2D eigenvalue weighted by Crippen LogP contribution is -2.04. The van der Waals surface area contributed by atoms with Crippen molar-refractivity contribution in [3.05, 3.63) is 46.2 Å². The van der Waals surface area contributed by atoms with Gasteiger partial charge >= 0.3 is 0 Å². The summed E-state index contributed by atoms with van der Waals surface area (Å²) in [5.74, 6) is 0. The maximum atomic E-state index is 4.52. The predicted molar refractivity (Wildman–Crippen MR) is 78.4 cm³/mol. The Bertz CT molecular complexity index is 698. The summed E-state index contributed by atoms with van der Waals surface area (Å²) >= 11 is 1.69. The minimum absolute atomic E-state index is 0.779. The molecule has 0 radical (unpaired) electrons. The van der Waals surface area contributed by atoms with E-state index >= 15 is 0 Å². The Balaban J connectivity index is 2.03. The van der Waals surface area contributed by atoms with Gasteiger partial charge < -0.3 is 9.88 Å². The molecule has 0 aliphatic rings. The van der Waals surface area contributed by atoms with Crippen LogP contribution in [0.4, 0.5) is 0 Å². The third-order valence-electron chi connectivity index (χ3n) is 3.08. The lowest BCUT2D eigenvalue weighted by molar-refractivity contribution is 0.779. The van der Waals surface area contributed by atoms with Gasteiger partial charge in [0, 0.05) is 29.7 Å². The molecule has 3 aromatic rings. The number of hydrogen-bond donors (Lipinski definition) is 1. The van der Waals surface area contributed by atoms with Crippen molar-refractivity contribution in [3.8, 4) is 0 Å². The van der Waals surface area contributed by atoms with Crippen molar-refractivity contribution in [3.63, 3.8) is 0 Å². The predicted octanol–water partition coefficient (Wildman–Crippen LogP) is 2.57. The monoisotopic (exact) mass is 272 g/mol. The highest BCUT2D eigenvalue weighted by molar-refractivity contribution is 7.09. The van der Waals surface area contributed by atoms with E-state index in [4.69, 9.17) is 0 Å². The molecule has 4 nitrogen and oxygen atoms in total. The fourth-order valence-electron chi connectivity index (χ4n) is 2.30. The van der Waals surface area contributed by atoms with Gasteiger partial charge in [0.2, 0.25) is 0 Å². The van der Waals surface area contributed by atoms with Crippen LogP contribution in [-0.2, 0) is 13.1 Å². The van der Waals surface area contributed by atoms with Gasteiger partial charge in [-0.2, -0.15) is 0 Å². The number of pyridine rings is 1. The van der Waals surface area contributed by atoms with Crippen LogP contribution >= 0.6 is 11.3 Å². The van der Waals surface area contributed by atoms with Gasteiger partial charge in [0.1, 0.15) is 5.65 Å². The van der Waals surface area contributed by atoms with Crippen molar-refractivity contribution in [2.24, 2.45) is 0 Å². The first-order valence-electron chi connectivity index (χ1n) is 6.26. The van der Waals surface area contributed by atoms with E-state index in [9.17, 15) is 0 Å². The number of hydrogen-bond acceptors (Lipinski definition) is 4. The number of aryl methyl sites for hydroxylation is 1. The highest BCUT2D eigenvalue weighted by Gasteiger charge is 2.09. The first-order chi connectivity index (χ1) is 9.28. The molecule has 0 aromatic carbocycles. The number of aromatic nitrogens is 3. The number of thiazole rings is 1. The van der Waals surface area contributed by atoms with E-state index in [0.717, 1.165) is 29.4 Å². The Labute approximate surface area is 116 Å². The average molecular weight is 272 g/mol. The molecule has 98 valence electrons. The van der Waals surface area contributed by atoms with Crippen LogP contribution in [0.5, 0.6) is 0 Å². The molecule has 0 aliphatic heterocycles. The summed E-state index contributed by atoms with van der Waals surface area (Å²) in [5, 5.41) is 7.63. The zero-order valence-electron chi connectivity index (χ0n) is 11.1. The van der Waals surface area contributed by atoms with Crippen LogP contribution in [-0.4, -0.2) is 21.6 Å². The SMILES string of the molecule is CNCc1cn(Cc2csc(C)n2)c2ncccc12. The molecular weight excluding hydrogens is 256 g/mol. The van der Waals surface area contributed by atoms with Gasteiger partial charge in [-0.05, 0) is 31.7 Å². The maximum Gasteiger partial charge on any atom is 0.140 e. The van der Waals surface area contributed by atoms with Crippen LogP contribution in [0.25, 0.3) is 11.0 Å². The van der Waals surface area contributed by atoms with Crippen molar-refractivity contribution in [1.82, 2.24) is 19.9 Å². The number of nitrogens with one attached hydrogen (secondary N) is 1. The molecule has 0 fully saturated rings. The molecule has 0 saturated heterocycles. The summed E-state index contributed by atoms with van der Waals surface area (Å²) < 4.78 is 2.18. The Kier molecular flexibility index (Phi) is 3.31. The van der Waals surface area contributed by atoms with Crippen LogP contribution in [0.3, 0.4) is 0 Å². The zero-order chi connectivity index (χ0) is 13.2. The van der Waals surface area contributed by atoms with E-state index in [2.05, 4.69) is 37.5 Å². The molecule has 0 saturated carbocycles. The lowest BCUT2D eigenvalue weighted by Gasteiger charge is -2.01. The third-order valence-corrected chi connectivity index (χ3v) is 3.90. The molecule has 0 bridgehead atoms. The molecule has 1 N–H and O–H groups in total. The molecule has 3 heterocycles. The van der Waals surface area contributed by atoms with Gasteiger partial charge in [0.25, 0.3) is 0 Å². The van der Waals surface area contributed by atoms with E-state index in [1.54, 1.807) is 11.3 Å². The second-order valence-corrected chi connectivity index (χ2v) is 5.61. The minimum Gasteiger partial charge on any atom is -0.326 e. The molecule has 3 aromatic heterocycles. The average Bonchev–Trinajstić information content (AvgIpc) is 2.97. The molecule has 0 atom stereocenters. The lowest BCUT2D eigenvalue weighted by atomic mass is 10.2. The smallest absolute Gasteiger partial charge is 0.140 e. The van der Waals surface area contributed by atoms with Gasteiger partial charge in [-0.25, -0.2) is 9.97 Å². The summed E-state index contributed by atoms with van der Waals surface area (Å²) in [6.07, 6.45) is 4.01. The summed E-state index contributed by atoms with van der Waals surface area (Å²) in [5.41, 5.74) is 3.40. The maximum absolute atomic E-state index is 4.52. The first-order valence-corrected chi connectivity index (χ1v) is 7.14. The molecule has 0 aliphatic carbocycles. The van der Waals surface area contributed by atoms with Gasteiger partial charge in [0.15, 0.2) is 0 Å². The first kappa shape index (κ1) is 12.3. The van der Waals surface area contributed by atoms with E-state index < -0.39 is 0 Å². The Morgan fingerprint density at radius 3 is 3.05 bits per heavy atom.